The van der Waals surface area contributed by atoms with Crippen molar-refractivity contribution in [3.63, 3.8) is 0 Å². The quantitative estimate of drug-likeness (QED) is 0.0387. The standard InChI is InChI=1S/C90H78N8S4.H2/c1-5-21-71(22-6-1)85(53-37-65-33-49-81(95-61-65)77-29-13-17-57-91-77)99-89(100-86(72-23-7-2-8-24-72)54-38-66-34-50-82(96-62-66)78-30-14-18-58-92-78)75-45-41-69(42-46-75)70-43-47-76(48-44-70)90(101-87(73-25-9-3-10-26-73)55-39-67-35-51-83(97-63-67)79-31-15-19-59-93-79)102-88(74-27-11-4-12-28-74)56-40-68-36-52-84(98-64-68)80-32-16-20-60-94-80;/h1-36,41-52,57-64,85-90H,37-40,53-56H2;1H. The molecule has 0 saturated heterocycles. The molecule has 14 rings (SSSR count). The Morgan fingerprint density at radius 2 is 0.431 bits per heavy atom. The first kappa shape index (κ1) is 69.0. The number of aromatic nitrogens is 8. The van der Waals surface area contributed by atoms with E-state index in [1.54, 1.807) is 0 Å². The fourth-order valence-electron chi connectivity index (χ4n) is 12.7. The normalized spacial score (nSPS) is 13.1. The zero-order chi connectivity index (χ0) is 68.8. The van der Waals surface area contributed by atoms with Crippen LogP contribution in [-0.2, 0) is 25.7 Å². The topological polar surface area (TPSA) is 103 Å². The molecule has 504 valence electrons. The van der Waals surface area contributed by atoms with Gasteiger partial charge < -0.3 is 0 Å². The lowest BCUT2D eigenvalue weighted by atomic mass is 10.0. The maximum Gasteiger partial charge on any atom is 0.0886 e. The van der Waals surface area contributed by atoms with Crippen LogP contribution in [0.2, 0.25) is 0 Å². The Morgan fingerprint density at radius 1 is 0.206 bits per heavy atom. The van der Waals surface area contributed by atoms with Crippen molar-refractivity contribution in [2.24, 2.45) is 0 Å². The molecular weight excluding hydrogens is 1320 g/mol. The lowest BCUT2D eigenvalue weighted by Crippen LogP contribution is -2.05. The summed E-state index contributed by atoms with van der Waals surface area (Å²) in [5.41, 5.74) is 22.2. The van der Waals surface area contributed by atoms with E-state index < -0.39 is 0 Å². The Hall–Kier alpha value is -10.1. The zero-order valence-corrected chi connectivity index (χ0v) is 59.9. The van der Waals surface area contributed by atoms with Crippen molar-refractivity contribution in [1.82, 2.24) is 39.9 Å². The molecule has 14 aromatic rings. The third kappa shape index (κ3) is 18.9. The Morgan fingerprint density at radius 3 is 0.637 bits per heavy atom. The van der Waals surface area contributed by atoms with E-state index >= 15 is 0 Å². The van der Waals surface area contributed by atoms with Crippen LogP contribution in [0, 0.1) is 0 Å². The molecule has 4 atom stereocenters. The molecule has 0 N–H and O–H groups in total. The molecule has 0 amide bonds. The average Bonchev–Trinajstić information content (AvgIpc) is 0.937. The van der Waals surface area contributed by atoms with Crippen LogP contribution in [0.15, 0.2) is 341 Å². The van der Waals surface area contributed by atoms with Gasteiger partial charge in [0.15, 0.2) is 0 Å². The summed E-state index contributed by atoms with van der Waals surface area (Å²) in [6.07, 6.45) is 22.7. The molecule has 0 fully saturated rings. The largest absolute Gasteiger partial charge is 0.255 e. The second-order valence-corrected chi connectivity index (χ2v) is 31.1. The molecule has 8 nitrogen and oxygen atoms in total. The number of pyridine rings is 8. The highest BCUT2D eigenvalue weighted by Gasteiger charge is 2.29. The minimum atomic E-state index is 0. The maximum atomic E-state index is 4.90. The van der Waals surface area contributed by atoms with Gasteiger partial charge in [-0.2, -0.15) is 0 Å². The highest BCUT2D eigenvalue weighted by atomic mass is 32.2. The third-order valence-electron chi connectivity index (χ3n) is 18.3. The molecule has 12 heteroatoms. The van der Waals surface area contributed by atoms with Crippen LogP contribution in [0.25, 0.3) is 56.7 Å². The molecule has 0 spiro atoms. The Bertz CT molecular complexity index is 4210. The summed E-state index contributed by atoms with van der Waals surface area (Å²) in [5, 5.41) is 0.779. The van der Waals surface area contributed by atoms with Crippen LogP contribution in [-0.4, -0.2) is 39.9 Å². The van der Waals surface area contributed by atoms with Crippen molar-refractivity contribution in [3.8, 4) is 56.7 Å². The van der Waals surface area contributed by atoms with E-state index in [1.165, 1.54) is 66.8 Å². The lowest BCUT2D eigenvalue weighted by molar-refractivity contribution is 0.793. The van der Waals surface area contributed by atoms with Gasteiger partial charge in [0.25, 0.3) is 0 Å². The monoisotopic (exact) mass is 1400 g/mol. The first-order valence-corrected chi connectivity index (χ1v) is 38.8. The fourth-order valence-corrected chi connectivity index (χ4v) is 19.6. The molecule has 0 saturated carbocycles. The summed E-state index contributed by atoms with van der Waals surface area (Å²) < 4.78 is 0.168. The Labute approximate surface area is 618 Å². The molecule has 0 aliphatic rings. The summed E-state index contributed by atoms with van der Waals surface area (Å²) in [4.78, 5) is 37.9. The number of benzene rings is 6. The summed E-state index contributed by atoms with van der Waals surface area (Å²) >= 11 is 8.29. The van der Waals surface area contributed by atoms with Gasteiger partial charge in [-0.1, -0.05) is 218 Å². The predicted molar refractivity (Wildman–Crippen MR) is 430 cm³/mol. The molecule has 0 radical (unpaired) electrons. The first-order valence-electron chi connectivity index (χ1n) is 35.0. The van der Waals surface area contributed by atoms with E-state index in [-0.39, 0.29) is 31.6 Å². The third-order valence-corrected chi connectivity index (χ3v) is 25.1. The van der Waals surface area contributed by atoms with Crippen LogP contribution >= 0.6 is 47.0 Å². The highest BCUT2D eigenvalue weighted by Crippen LogP contribution is 2.56. The minimum Gasteiger partial charge on any atom is -0.255 e. The molecule has 4 unspecified atom stereocenters. The van der Waals surface area contributed by atoms with Crippen LogP contribution in [0.4, 0.5) is 0 Å². The zero-order valence-electron chi connectivity index (χ0n) is 56.7. The van der Waals surface area contributed by atoms with Gasteiger partial charge in [0.1, 0.15) is 0 Å². The van der Waals surface area contributed by atoms with E-state index in [0.29, 0.717) is 0 Å². The van der Waals surface area contributed by atoms with E-state index in [2.05, 4.69) is 285 Å². The summed E-state index contributed by atoms with van der Waals surface area (Å²) in [6.45, 7) is 0. The Balaban J connectivity index is 0.00000945. The van der Waals surface area contributed by atoms with E-state index in [0.717, 1.165) is 96.9 Å². The maximum absolute atomic E-state index is 4.90. The second kappa shape index (κ2) is 35.5. The average molecular weight is 1400 g/mol. The second-order valence-electron chi connectivity index (χ2n) is 25.3. The van der Waals surface area contributed by atoms with Gasteiger partial charge in [-0.3, -0.25) is 39.9 Å². The van der Waals surface area contributed by atoms with Gasteiger partial charge in [0, 0.05) is 72.0 Å². The summed E-state index contributed by atoms with van der Waals surface area (Å²) in [6, 6.07) is 105. The Kier molecular flexibility index (Phi) is 24.0. The lowest BCUT2D eigenvalue weighted by Gasteiger charge is -2.28. The van der Waals surface area contributed by atoms with Crippen molar-refractivity contribution in [1.29, 1.82) is 0 Å². The minimum absolute atomic E-state index is 0. The van der Waals surface area contributed by atoms with Gasteiger partial charge in [-0.25, -0.2) is 0 Å². The van der Waals surface area contributed by atoms with Crippen molar-refractivity contribution in [3.05, 3.63) is 396 Å². The van der Waals surface area contributed by atoms with Crippen molar-refractivity contribution >= 4 is 47.0 Å². The first-order chi connectivity index (χ1) is 50.5. The van der Waals surface area contributed by atoms with Crippen molar-refractivity contribution in [2.45, 2.75) is 81.5 Å². The highest BCUT2D eigenvalue weighted by molar-refractivity contribution is 8.17. The van der Waals surface area contributed by atoms with Crippen LogP contribution in [0.3, 0.4) is 0 Å². The SMILES string of the molecule is [HH].c1ccc(C(CCc2ccc(-c3ccccn3)nc2)SC(SC(CCc2ccc(-c3ccccn3)nc2)c2ccccc2)c2ccc(-c3ccc(C(SC(CCc4ccc(-c5ccccn5)nc4)c4ccccc4)SC(CCc4ccc(-c5ccccn5)nc4)c4ccccc4)cc3)cc2)cc1. The van der Waals surface area contributed by atoms with Gasteiger partial charge in [-0.05, 0) is 191 Å². The van der Waals surface area contributed by atoms with E-state index in [1.807, 2.05) is 122 Å². The molecule has 0 bridgehead atoms. The number of nitrogens with zero attached hydrogens (tertiary/aromatic N) is 8. The number of thioether (sulfide) groups is 4. The molecule has 102 heavy (non-hydrogen) atoms. The van der Waals surface area contributed by atoms with Crippen molar-refractivity contribution in [2.75, 3.05) is 0 Å². The molecule has 8 aromatic heterocycles. The van der Waals surface area contributed by atoms with Crippen molar-refractivity contribution < 1.29 is 1.43 Å². The van der Waals surface area contributed by atoms with Gasteiger partial charge in [0.05, 0.1) is 54.7 Å². The summed E-state index contributed by atoms with van der Waals surface area (Å²) in [7, 11) is 0. The molecule has 8 heterocycles. The van der Waals surface area contributed by atoms with E-state index in [9.17, 15) is 0 Å². The number of rotatable bonds is 31. The molecule has 0 aliphatic heterocycles. The van der Waals surface area contributed by atoms with E-state index in [4.69, 9.17) is 19.9 Å². The van der Waals surface area contributed by atoms with Crippen LogP contribution in [0.5, 0.6) is 0 Å². The molecule has 6 aromatic carbocycles. The summed E-state index contributed by atoms with van der Waals surface area (Å²) in [5.74, 6) is 0. The number of hydrogen-bond acceptors (Lipinski definition) is 12. The molecular formula is C90H80N8S4. The van der Waals surface area contributed by atoms with Gasteiger partial charge in [-0.15, -0.1) is 47.0 Å². The number of hydrogen-bond donors (Lipinski definition) is 0. The number of aryl methyl sites for hydroxylation is 4. The van der Waals surface area contributed by atoms with Crippen LogP contribution in [0.1, 0.15) is 113 Å². The van der Waals surface area contributed by atoms with Gasteiger partial charge in [0.2, 0.25) is 0 Å². The van der Waals surface area contributed by atoms with Gasteiger partial charge >= 0.3 is 0 Å². The molecule has 0 aliphatic carbocycles. The van der Waals surface area contributed by atoms with Crippen LogP contribution < -0.4 is 0 Å². The smallest absolute Gasteiger partial charge is 0.0886 e. The predicted octanol–water partition coefficient (Wildman–Crippen LogP) is 23.9. The fraction of sp³-hybridized carbons (Fsp3) is 0.156.